The van der Waals surface area contributed by atoms with E-state index in [1.54, 1.807) is 6.08 Å². The molecule has 3 rings (SSSR count). The van der Waals surface area contributed by atoms with Crippen LogP contribution in [0.15, 0.2) is 36.9 Å². The molecule has 0 unspecified atom stereocenters. The van der Waals surface area contributed by atoms with Gasteiger partial charge in [-0.1, -0.05) is 18.2 Å². The van der Waals surface area contributed by atoms with Crippen LogP contribution in [0, 0.1) is 5.82 Å². The van der Waals surface area contributed by atoms with E-state index < -0.39 is 0 Å². The van der Waals surface area contributed by atoms with E-state index >= 15 is 0 Å². The predicted molar refractivity (Wildman–Crippen MR) is 84.1 cm³/mol. The van der Waals surface area contributed by atoms with Crippen LogP contribution in [0.1, 0.15) is 24.8 Å². The molecule has 1 aromatic rings. The molecule has 120 valence electrons. The van der Waals surface area contributed by atoms with Crippen molar-refractivity contribution in [2.24, 2.45) is 0 Å². The Hall–Kier alpha value is -1.23. The summed E-state index contributed by atoms with van der Waals surface area (Å²) in [6.07, 6.45) is 5.16. The summed E-state index contributed by atoms with van der Waals surface area (Å²) in [5.74, 6) is -0.180. The van der Waals surface area contributed by atoms with Crippen molar-refractivity contribution in [2.75, 3.05) is 26.3 Å². The summed E-state index contributed by atoms with van der Waals surface area (Å²) in [5, 5.41) is 0. The van der Waals surface area contributed by atoms with E-state index in [4.69, 9.17) is 9.47 Å². The Bertz CT molecular complexity index is 504. The van der Waals surface area contributed by atoms with Crippen LogP contribution < -0.4 is 0 Å². The molecule has 2 saturated heterocycles. The minimum absolute atomic E-state index is 0.0654. The zero-order valence-corrected chi connectivity index (χ0v) is 13.0. The lowest BCUT2D eigenvalue weighted by Crippen LogP contribution is -2.47. The molecule has 0 radical (unpaired) electrons. The number of halogens is 1. The molecule has 0 aromatic heterocycles. The van der Waals surface area contributed by atoms with E-state index in [0.29, 0.717) is 13.2 Å². The molecule has 2 aliphatic heterocycles. The molecule has 0 amide bonds. The van der Waals surface area contributed by atoms with Gasteiger partial charge in [-0.3, -0.25) is 4.90 Å². The normalized spacial score (nSPS) is 29.0. The van der Waals surface area contributed by atoms with Crippen molar-refractivity contribution in [1.29, 1.82) is 0 Å². The molecule has 0 saturated carbocycles. The maximum absolute atomic E-state index is 13.0. The molecule has 22 heavy (non-hydrogen) atoms. The molecule has 2 aliphatic rings. The Morgan fingerprint density at radius 1 is 1.41 bits per heavy atom. The van der Waals surface area contributed by atoms with Crippen molar-refractivity contribution in [3.05, 3.63) is 48.3 Å². The highest BCUT2D eigenvalue weighted by molar-refractivity contribution is 5.16. The topological polar surface area (TPSA) is 21.7 Å². The van der Waals surface area contributed by atoms with Crippen LogP contribution in [0.4, 0.5) is 4.39 Å². The van der Waals surface area contributed by atoms with Crippen molar-refractivity contribution < 1.29 is 13.9 Å². The zero-order valence-electron chi connectivity index (χ0n) is 13.0. The zero-order chi connectivity index (χ0) is 15.4. The molecule has 4 heteroatoms. The Morgan fingerprint density at radius 2 is 2.23 bits per heavy atom. The number of hydrogen-bond donors (Lipinski definition) is 0. The second-order valence-electron chi connectivity index (χ2n) is 6.38. The lowest BCUT2D eigenvalue weighted by molar-refractivity contribution is -0.0544. The molecule has 0 N–H and O–H groups in total. The number of piperidine rings is 1. The number of hydrogen-bond acceptors (Lipinski definition) is 3. The largest absolute Gasteiger partial charge is 0.372 e. The highest BCUT2D eigenvalue weighted by Crippen LogP contribution is 2.36. The molecule has 1 aromatic carbocycles. The molecule has 1 spiro atoms. The Labute approximate surface area is 131 Å². The van der Waals surface area contributed by atoms with Gasteiger partial charge in [-0.25, -0.2) is 4.39 Å². The molecule has 2 atom stereocenters. The van der Waals surface area contributed by atoms with Gasteiger partial charge in [0.1, 0.15) is 5.82 Å². The van der Waals surface area contributed by atoms with E-state index in [1.165, 1.54) is 12.1 Å². The molecule has 2 heterocycles. The van der Waals surface area contributed by atoms with E-state index in [9.17, 15) is 4.39 Å². The summed E-state index contributed by atoms with van der Waals surface area (Å²) in [7, 11) is 0. The number of rotatable bonds is 5. The van der Waals surface area contributed by atoms with Gasteiger partial charge < -0.3 is 9.47 Å². The van der Waals surface area contributed by atoms with Crippen molar-refractivity contribution in [3.8, 4) is 0 Å². The third-order valence-electron chi connectivity index (χ3n) is 4.56. The predicted octanol–water partition coefficient (Wildman–Crippen LogP) is 3.15. The lowest BCUT2D eigenvalue weighted by Gasteiger charge is -2.39. The molecular formula is C18H24FNO2. The molecule has 3 nitrogen and oxygen atoms in total. The summed E-state index contributed by atoms with van der Waals surface area (Å²) in [6, 6.07) is 6.78. The van der Waals surface area contributed by atoms with Gasteiger partial charge in [-0.15, -0.1) is 6.58 Å². The van der Waals surface area contributed by atoms with Gasteiger partial charge in [0.25, 0.3) is 0 Å². The van der Waals surface area contributed by atoms with Crippen LogP contribution in [-0.4, -0.2) is 42.9 Å². The van der Waals surface area contributed by atoms with Crippen LogP contribution in [0.3, 0.4) is 0 Å². The highest BCUT2D eigenvalue weighted by atomic mass is 19.1. The third kappa shape index (κ3) is 3.75. The lowest BCUT2D eigenvalue weighted by atomic mass is 9.89. The number of ether oxygens (including phenoxy) is 2. The first-order valence-corrected chi connectivity index (χ1v) is 8.02. The first-order valence-electron chi connectivity index (χ1n) is 8.02. The minimum Gasteiger partial charge on any atom is -0.372 e. The molecule has 2 fully saturated rings. The number of benzene rings is 1. The fraction of sp³-hybridized carbons (Fsp3) is 0.556. The van der Waals surface area contributed by atoms with Crippen molar-refractivity contribution >= 4 is 0 Å². The molecule has 0 bridgehead atoms. The van der Waals surface area contributed by atoms with Gasteiger partial charge in [0.05, 0.1) is 24.9 Å². The second-order valence-corrected chi connectivity index (χ2v) is 6.38. The summed E-state index contributed by atoms with van der Waals surface area (Å²) in [5.41, 5.74) is 1.08. The summed E-state index contributed by atoms with van der Waals surface area (Å²) in [4.78, 5) is 2.41. The maximum Gasteiger partial charge on any atom is 0.123 e. The van der Waals surface area contributed by atoms with Gasteiger partial charge in [0.15, 0.2) is 0 Å². The van der Waals surface area contributed by atoms with Gasteiger partial charge in [0.2, 0.25) is 0 Å². The highest BCUT2D eigenvalue weighted by Gasteiger charge is 2.43. The Kier molecular flexibility index (Phi) is 4.91. The summed E-state index contributed by atoms with van der Waals surface area (Å²) in [6.45, 7) is 7.81. The van der Waals surface area contributed by atoms with Gasteiger partial charge in [-0.2, -0.15) is 0 Å². The fourth-order valence-corrected chi connectivity index (χ4v) is 3.57. The first kappa shape index (κ1) is 15.7. The second kappa shape index (κ2) is 6.90. The smallest absolute Gasteiger partial charge is 0.123 e. The molecule has 0 aliphatic carbocycles. The minimum atomic E-state index is -0.180. The Balaban J connectivity index is 1.57. The van der Waals surface area contributed by atoms with Crippen LogP contribution >= 0.6 is 0 Å². The summed E-state index contributed by atoms with van der Waals surface area (Å²) < 4.78 is 24.9. The van der Waals surface area contributed by atoms with Crippen molar-refractivity contribution in [3.63, 3.8) is 0 Å². The third-order valence-corrected chi connectivity index (χ3v) is 4.56. The van der Waals surface area contributed by atoms with Crippen molar-refractivity contribution in [1.82, 2.24) is 4.90 Å². The maximum atomic E-state index is 13.0. The van der Waals surface area contributed by atoms with Gasteiger partial charge in [0, 0.05) is 19.5 Å². The fourth-order valence-electron chi connectivity index (χ4n) is 3.57. The monoisotopic (exact) mass is 305 g/mol. The average molecular weight is 305 g/mol. The standard InChI is InChI=1S/C18H24FNO2/c1-2-10-21-17-11-18(22-13-17)8-3-9-20(14-18)12-15-4-6-16(19)7-5-15/h2,4-7,17H,1,3,8-14H2/t17-,18+/m1/s1. The van der Waals surface area contributed by atoms with Crippen LogP contribution in [-0.2, 0) is 16.0 Å². The van der Waals surface area contributed by atoms with E-state index in [2.05, 4.69) is 11.5 Å². The van der Waals surface area contributed by atoms with Gasteiger partial charge in [-0.05, 0) is 37.1 Å². The van der Waals surface area contributed by atoms with E-state index in [-0.39, 0.29) is 17.5 Å². The average Bonchev–Trinajstić information content (AvgIpc) is 2.90. The van der Waals surface area contributed by atoms with Crippen molar-refractivity contribution in [2.45, 2.75) is 37.5 Å². The van der Waals surface area contributed by atoms with Crippen LogP contribution in [0.5, 0.6) is 0 Å². The van der Waals surface area contributed by atoms with E-state index in [0.717, 1.165) is 44.5 Å². The Morgan fingerprint density at radius 3 is 3.00 bits per heavy atom. The van der Waals surface area contributed by atoms with Gasteiger partial charge >= 0.3 is 0 Å². The van der Waals surface area contributed by atoms with E-state index in [1.807, 2.05) is 12.1 Å². The number of nitrogens with zero attached hydrogens (tertiary/aromatic N) is 1. The summed E-state index contributed by atoms with van der Waals surface area (Å²) >= 11 is 0. The van der Waals surface area contributed by atoms with Crippen LogP contribution in [0.2, 0.25) is 0 Å². The first-order chi connectivity index (χ1) is 10.7. The number of likely N-dealkylation sites (tertiary alicyclic amines) is 1. The SMILES string of the molecule is C=CCO[C@H]1CO[C@@]2(CCCN(Cc3ccc(F)cc3)C2)C1. The van der Waals surface area contributed by atoms with Crippen LogP contribution in [0.25, 0.3) is 0 Å². The molecular weight excluding hydrogens is 281 g/mol. The quantitative estimate of drug-likeness (QED) is 0.780.